The molecule has 0 fully saturated rings. The number of para-hydroxylation sites is 2. The van der Waals surface area contributed by atoms with Gasteiger partial charge in [0.25, 0.3) is 5.91 Å². The summed E-state index contributed by atoms with van der Waals surface area (Å²) in [5.74, 6) is -1.39. The molecule has 2 rings (SSSR count). The van der Waals surface area contributed by atoms with Gasteiger partial charge >= 0.3 is 6.36 Å². The molecule has 0 saturated heterocycles. The lowest BCUT2D eigenvalue weighted by atomic mass is 9.87. The van der Waals surface area contributed by atoms with Crippen LogP contribution in [0.2, 0.25) is 0 Å². The monoisotopic (exact) mass is 408 g/mol. The molecule has 0 aromatic heterocycles. The Morgan fingerprint density at radius 2 is 1.59 bits per heavy atom. The highest BCUT2D eigenvalue weighted by molar-refractivity contribution is 5.95. The van der Waals surface area contributed by atoms with Crippen LogP contribution in [0.4, 0.5) is 18.9 Å². The molecule has 0 spiro atoms. The van der Waals surface area contributed by atoms with Gasteiger partial charge in [0.2, 0.25) is 5.91 Å². The molecular formula is C21H23F3N2O3. The van der Waals surface area contributed by atoms with Gasteiger partial charge in [-0.25, -0.2) is 0 Å². The molecule has 156 valence electrons. The van der Waals surface area contributed by atoms with E-state index in [-0.39, 0.29) is 30.0 Å². The second-order valence-corrected chi connectivity index (χ2v) is 7.43. The number of carbonyl (C=O) groups is 2. The minimum atomic E-state index is -4.86. The smallest absolute Gasteiger partial charge is 0.404 e. The van der Waals surface area contributed by atoms with Crippen LogP contribution in [0.1, 0.15) is 43.1 Å². The molecule has 8 heteroatoms. The van der Waals surface area contributed by atoms with Crippen LogP contribution in [0.3, 0.4) is 0 Å². The van der Waals surface area contributed by atoms with Crippen LogP contribution < -0.4 is 15.4 Å². The molecule has 0 aliphatic carbocycles. The summed E-state index contributed by atoms with van der Waals surface area (Å²) in [6, 6.07) is 12.4. The SMILES string of the molecule is CC(C)(C)c1ccc(C(=O)NCCC(=O)Nc2ccccc2OC(F)(F)F)cc1. The average Bonchev–Trinajstić information content (AvgIpc) is 2.61. The maximum absolute atomic E-state index is 12.4. The minimum absolute atomic E-state index is 0.0286. The van der Waals surface area contributed by atoms with Gasteiger partial charge in [-0.05, 0) is 35.2 Å². The molecule has 0 saturated carbocycles. The predicted octanol–water partition coefficient (Wildman–Crippen LogP) is 4.64. The number of amides is 2. The van der Waals surface area contributed by atoms with Gasteiger partial charge < -0.3 is 15.4 Å². The molecule has 2 amide bonds. The number of hydrogen-bond donors (Lipinski definition) is 2. The third kappa shape index (κ3) is 7.14. The fraction of sp³-hybridized carbons (Fsp3) is 0.333. The van der Waals surface area contributed by atoms with E-state index in [0.29, 0.717) is 5.56 Å². The first-order chi connectivity index (χ1) is 13.5. The lowest BCUT2D eigenvalue weighted by molar-refractivity contribution is -0.274. The highest BCUT2D eigenvalue weighted by Crippen LogP contribution is 2.30. The normalized spacial score (nSPS) is 11.7. The van der Waals surface area contributed by atoms with Crippen molar-refractivity contribution in [3.63, 3.8) is 0 Å². The van der Waals surface area contributed by atoms with Crippen LogP contribution in [0.15, 0.2) is 48.5 Å². The van der Waals surface area contributed by atoms with Gasteiger partial charge in [0.15, 0.2) is 5.75 Å². The summed E-state index contributed by atoms with van der Waals surface area (Å²) in [5.41, 5.74) is 1.42. The van der Waals surface area contributed by atoms with E-state index in [1.54, 1.807) is 12.1 Å². The topological polar surface area (TPSA) is 67.4 Å². The number of alkyl halides is 3. The Morgan fingerprint density at radius 1 is 0.966 bits per heavy atom. The van der Waals surface area contributed by atoms with Gasteiger partial charge in [0.05, 0.1) is 5.69 Å². The van der Waals surface area contributed by atoms with Crippen LogP contribution in [-0.2, 0) is 10.2 Å². The zero-order valence-corrected chi connectivity index (χ0v) is 16.4. The van der Waals surface area contributed by atoms with Crippen molar-refractivity contribution >= 4 is 17.5 Å². The van der Waals surface area contributed by atoms with Crippen molar-refractivity contribution in [1.82, 2.24) is 5.32 Å². The van der Waals surface area contributed by atoms with E-state index in [9.17, 15) is 22.8 Å². The highest BCUT2D eigenvalue weighted by atomic mass is 19.4. The standard InChI is InChI=1S/C21H23F3N2O3/c1-20(2,3)15-10-8-14(9-11-15)19(28)25-13-12-18(27)26-16-6-4-5-7-17(16)29-21(22,23)24/h4-11H,12-13H2,1-3H3,(H,25,28)(H,26,27). The summed E-state index contributed by atoms with van der Waals surface area (Å²) in [6.45, 7) is 6.24. The van der Waals surface area contributed by atoms with Gasteiger partial charge in [-0.1, -0.05) is 45.0 Å². The summed E-state index contributed by atoms with van der Waals surface area (Å²) < 4.78 is 41.1. The zero-order valence-electron chi connectivity index (χ0n) is 16.4. The van der Waals surface area contributed by atoms with E-state index in [1.165, 1.54) is 18.2 Å². The largest absolute Gasteiger partial charge is 0.573 e. The summed E-state index contributed by atoms with van der Waals surface area (Å²) in [4.78, 5) is 24.2. The number of hydrogen-bond acceptors (Lipinski definition) is 3. The lowest BCUT2D eigenvalue weighted by Crippen LogP contribution is -2.28. The molecule has 0 heterocycles. The van der Waals surface area contributed by atoms with Crippen molar-refractivity contribution in [3.05, 3.63) is 59.7 Å². The number of halogens is 3. The second-order valence-electron chi connectivity index (χ2n) is 7.43. The Bertz CT molecular complexity index is 857. The molecule has 0 aliphatic rings. The van der Waals surface area contributed by atoms with Crippen LogP contribution in [0.25, 0.3) is 0 Å². The Hall–Kier alpha value is -3.03. The minimum Gasteiger partial charge on any atom is -0.404 e. The molecule has 29 heavy (non-hydrogen) atoms. The third-order valence-electron chi connectivity index (χ3n) is 4.04. The first-order valence-corrected chi connectivity index (χ1v) is 8.99. The van der Waals surface area contributed by atoms with Crippen LogP contribution in [-0.4, -0.2) is 24.7 Å². The number of ether oxygens (including phenoxy) is 1. The van der Waals surface area contributed by atoms with E-state index in [4.69, 9.17) is 0 Å². The molecule has 0 bridgehead atoms. The predicted molar refractivity (Wildman–Crippen MR) is 104 cm³/mol. The summed E-state index contributed by atoms with van der Waals surface area (Å²) in [6.07, 6.45) is -4.97. The highest BCUT2D eigenvalue weighted by Gasteiger charge is 2.32. The number of rotatable bonds is 6. The molecule has 0 atom stereocenters. The maximum Gasteiger partial charge on any atom is 0.573 e. The van der Waals surface area contributed by atoms with E-state index in [1.807, 2.05) is 12.1 Å². The third-order valence-corrected chi connectivity index (χ3v) is 4.04. The van der Waals surface area contributed by atoms with Gasteiger partial charge in [0, 0.05) is 18.5 Å². The number of carbonyl (C=O) groups excluding carboxylic acids is 2. The van der Waals surface area contributed by atoms with Crippen LogP contribution in [0.5, 0.6) is 5.75 Å². The number of nitrogens with one attached hydrogen (secondary N) is 2. The van der Waals surface area contributed by atoms with Crippen LogP contribution >= 0.6 is 0 Å². The first kappa shape index (κ1) is 22.3. The maximum atomic E-state index is 12.4. The van der Waals surface area contributed by atoms with Crippen molar-refractivity contribution in [2.75, 3.05) is 11.9 Å². The van der Waals surface area contributed by atoms with Gasteiger partial charge in [-0.2, -0.15) is 0 Å². The van der Waals surface area contributed by atoms with E-state index >= 15 is 0 Å². The van der Waals surface area contributed by atoms with E-state index in [0.717, 1.165) is 11.6 Å². The van der Waals surface area contributed by atoms with Crippen molar-refractivity contribution in [2.45, 2.75) is 39.0 Å². The van der Waals surface area contributed by atoms with E-state index < -0.39 is 18.0 Å². The number of benzene rings is 2. The Labute approximate surface area is 167 Å². The fourth-order valence-corrected chi connectivity index (χ4v) is 2.51. The number of anilines is 1. The van der Waals surface area contributed by atoms with Crippen molar-refractivity contribution < 1.29 is 27.5 Å². The second kappa shape index (κ2) is 8.98. The fourth-order valence-electron chi connectivity index (χ4n) is 2.51. The average molecular weight is 408 g/mol. The summed E-state index contributed by atoms with van der Waals surface area (Å²) in [5, 5.41) is 4.97. The molecule has 0 unspecified atom stereocenters. The van der Waals surface area contributed by atoms with Crippen LogP contribution in [0, 0.1) is 0 Å². The molecule has 2 aromatic rings. The van der Waals surface area contributed by atoms with E-state index in [2.05, 4.69) is 36.1 Å². The molecule has 0 aliphatic heterocycles. The zero-order chi connectivity index (χ0) is 21.7. The molecule has 2 aromatic carbocycles. The van der Waals surface area contributed by atoms with Gasteiger partial charge in [-0.15, -0.1) is 13.2 Å². The lowest BCUT2D eigenvalue weighted by Gasteiger charge is -2.19. The van der Waals surface area contributed by atoms with Crippen molar-refractivity contribution in [2.24, 2.45) is 0 Å². The van der Waals surface area contributed by atoms with Gasteiger partial charge in [0.1, 0.15) is 0 Å². The molecular weight excluding hydrogens is 385 g/mol. The van der Waals surface area contributed by atoms with Gasteiger partial charge in [-0.3, -0.25) is 9.59 Å². The molecule has 0 radical (unpaired) electrons. The Kier molecular flexibility index (Phi) is 6.89. The first-order valence-electron chi connectivity index (χ1n) is 8.99. The summed E-state index contributed by atoms with van der Waals surface area (Å²) >= 11 is 0. The molecule has 5 nitrogen and oxygen atoms in total. The van der Waals surface area contributed by atoms with Crippen molar-refractivity contribution in [1.29, 1.82) is 0 Å². The quantitative estimate of drug-likeness (QED) is 0.732. The Balaban J connectivity index is 1.87. The van der Waals surface area contributed by atoms with Crippen molar-refractivity contribution in [3.8, 4) is 5.75 Å². The Morgan fingerprint density at radius 3 is 2.17 bits per heavy atom. The molecule has 2 N–H and O–H groups in total. The summed E-state index contributed by atoms with van der Waals surface area (Å²) in [7, 11) is 0.